The third kappa shape index (κ3) is 3.28. The molecule has 6 heteroatoms. The molecule has 126 valence electrons. The van der Waals surface area contributed by atoms with Gasteiger partial charge >= 0.3 is 0 Å². The standard InChI is InChI=1S/C18H20FN3O2/c19-18-4-1-14(12-20-18)13-21-5-7-22(8-6-21)15-2-3-16-17(11-15)24-10-9-23-16/h1-4,11-12H,5-10,13H2/i19-1. The SMILES string of the molecule is [18F]c1ccc(CN2CCN(c3ccc4c(c3)OCCO4)CC2)cn1. The van der Waals surface area contributed by atoms with E-state index in [9.17, 15) is 4.39 Å². The quantitative estimate of drug-likeness (QED) is 0.809. The lowest BCUT2D eigenvalue weighted by Gasteiger charge is -2.36. The van der Waals surface area contributed by atoms with Crippen LogP contribution in [0.4, 0.5) is 10.1 Å². The van der Waals surface area contributed by atoms with E-state index in [-0.39, 0.29) is 0 Å². The Morgan fingerprint density at radius 3 is 2.50 bits per heavy atom. The number of halogens is 1. The fourth-order valence-corrected chi connectivity index (χ4v) is 3.15. The fraction of sp³-hybridized carbons (Fsp3) is 0.389. The van der Waals surface area contributed by atoms with Crippen molar-refractivity contribution in [3.05, 3.63) is 48.0 Å². The molecule has 5 nitrogen and oxygen atoms in total. The summed E-state index contributed by atoms with van der Waals surface area (Å²) >= 11 is 0. The second-order valence-corrected chi connectivity index (χ2v) is 6.08. The van der Waals surface area contributed by atoms with E-state index in [0.717, 1.165) is 49.8 Å². The Morgan fingerprint density at radius 2 is 1.75 bits per heavy atom. The summed E-state index contributed by atoms with van der Waals surface area (Å²) in [5.74, 6) is 1.23. The molecule has 1 saturated heterocycles. The van der Waals surface area contributed by atoms with Crippen molar-refractivity contribution < 1.29 is 13.9 Å². The zero-order valence-corrected chi connectivity index (χ0v) is 13.4. The number of benzene rings is 1. The molecular weight excluding hydrogens is 308 g/mol. The van der Waals surface area contributed by atoms with Crippen LogP contribution in [-0.4, -0.2) is 49.3 Å². The Balaban J connectivity index is 1.36. The molecule has 0 saturated carbocycles. The number of anilines is 1. The smallest absolute Gasteiger partial charge is 0.212 e. The monoisotopic (exact) mass is 328 g/mol. The van der Waals surface area contributed by atoms with Crippen molar-refractivity contribution in [2.75, 3.05) is 44.3 Å². The van der Waals surface area contributed by atoms with Crippen LogP contribution in [0.1, 0.15) is 5.56 Å². The summed E-state index contributed by atoms with van der Waals surface area (Å²) in [5, 5.41) is 0. The lowest BCUT2D eigenvalue weighted by Crippen LogP contribution is -2.46. The molecule has 3 heterocycles. The first kappa shape index (κ1) is 15.2. The zero-order valence-electron chi connectivity index (χ0n) is 13.4. The van der Waals surface area contributed by atoms with Crippen LogP contribution in [0.3, 0.4) is 0 Å². The Labute approximate surface area is 140 Å². The summed E-state index contributed by atoms with van der Waals surface area (Å²) in [6.45, 7) is 5.86. The first-order chi connectivity index (χ1) is 11.8. The van der Waals surface area contributed by atoms with E-state index in [1.807, 2.05) is 6.07 Å². The highest BCUT2D eigenvalue weighted by molar-refractivity contribution is 5.57. The molecule has 0 aliphatic carbocycles. The Hall–Kier alpha value is -2.34. The van der Waals surface area contributed by atoms with E-state index in [4.69, 9.17) is 9.47 Å². The maximum Gasteiger partial charge on any atom is 0.212 e. The third-order valence-electron chi connectivity index (χ3n) is 4.46. The molecule has 2 aliphatic heterocycles. The Kier molecular flexibility index (Phi) is 4.21. The second-order valence-electron chi connectivity index (χ2n) is 6.08. The average molecular weight is 328 g/mol. The van der Waals surface area contributed by atoms with Crippen LogP contribution in [0.5, 0.6) is 11.5 Å². The maximum atomic E-state index is 12.9. The minimum Gasteiger partial charge on any atom is -0.486 e. The van der Waals surface area contributed by atoms with Crippen LogP contribution in [0.25, 0.3) is 0 Å². The van der Waals surface area contributed by atoms with Gasteiger partial charge in [0.05, 0.1) is 0 Å². The second kappa shape index (κ2) is 6.65. The molecule has 0 bridgehead atoms. The van der Waals surface area contributed by atoms with Crippen LogP contribution in [0.2, 0.25) is 0 Å². The molecule has 2 aromatic rings. The summed E-state index contributed by atoms with van der Waals surface area (Å²) in [4.78, 5) is 8.44. The van der Waals surface area contributed by atoms with Gasteiger partial charge in [-0.2, -0.15) is 4.39 Å². The van der Waals surface area contributed by atoms with E-state index in [1.54, 1.807) is 12.3 Å². The normalized spacial score (nSPS) is 17.8. The van der Waals surface area contributed by atoms with Crippen LogP contribution in [-0.2, 0) is 6.54 Å². The van der Waals surface area contributed by atoms with Crippen molar-refractivity contribution in [1.82, 2.24) is 9.88 Å². The molecule has 0 radical (unpaired) electrons. The van der Waals surface area contributed by atoms with Gasteiger partial charge in [0.25, 0.3) is 0 Å². The molecule has 1 aromatic carbocycles. The molecule has 24 heavy (non-hydrogen) atoms. The number of hydrogen-bond donors (Lipinski definition) is 0. The topological polar surface area (TPSA) is 37.8 Å². The molecular formula is C18H20FN3O2. The van der Waals surface area contributed by atoms with Crippen LogP contribution < -0.4 is 14.4 Å². The van der Waals surface area contributed by atoms with Crippen LogP contribution in [0, 0.1) is 5.95 Å². The Bertz CT molecular complexity index is 700. The number of ether oxygens (including phenoxy) is 2. The number of rotatable bonds is 3. The minimum absolute atomic E-state index is 0.429. The first-order valence-corrected chi connectivity index (χ1v) is 8.25. The van der Waals surface area contributed by atoms with Gasteiger partial charge in [-0.1, -0.05) is 6.07 Å². The van der Waals surface area contributed by atoms with Gasteiger partial charge in [0, 0.05) is 50.7 Å². The van der Waals surface area contributed by atoms with Gasteiger partial charge in [-0.05, 0) is 23.8 Å². The van der Waals surface area contributed by atoms with E-state index in [2.05, 4.69) is 26.9 Å². The van der Waals surface area contributed by atoms with Gasteiger partial charge in [-0.25, -0.2) is 4.98 Å². The van der Waals surface area contributed by atoms with Crippen molar-refractivity contribution >= 4 is 5.69 Å². The van der Waals surface area contributed by atoms with E-state index < -0.39 is 5.95 Å². The van der Waals surface area contributed by atoms with Gasteiger partial charge in [-0.3, -0.25) is 4.90 Å². The zero-order chi connectivity index (χ0) is 16.4. The highest BCUT2D eigenvalue weighted by Gasteiger charge is 2.20. The highest BCUT2D eigenvalue weighted by atomic mass is 18.2. The molecule has 4 rings (SSSR count). The largest absolute Gasteiger partial charge is 0.486 e. The van der Waals surface area contributed by atoms with Gasteiger partial charge in [0.1, 0.15) is 13.2 Å². The van der Waals surface area contributed by atoms with Crippen molar-refractivity contribution in [2.24, 2.45) is 0 Å². The van der Waals surface area contributed by atoms with Gasteiger partial charge in [0.2, 0.25) is 5.95 Å². The average Bonchev–Trinajstić information content (AvgIpc) is 2.64. The molecule has 0 N–H and O–H groups in total. The van der Waals surface area contributed by atoms with Crippen LogP contribution in [0.15, 0.2) is 36.5 Å². The molecule has 0 unspecified atom stereocenters. The van der Waals surface area contributed by atoms with E-state index in [1.165, 1.54) is 11.8 Å². The van der Waals surface area contributed by atoms with Gasteiger partial charge < -0.3 is 14.4 Å². The summed E-state index contributed by atoms with van der Waals surface area (Å²) in [6, 6.07) is 9.36. The molecule has 0 atom stereocenters. The highest BCUT2D eigenvalue weighted by Crippen LogP contribution is 2.34. The third-order valence-corrected chi connectivity index (χ3v) is 4.46. The van der Waals surface area contributed by atoms with Crippen molar-refractivity contribution in [2.45, 2.75) is 6.54 Å². The van der Waals surface area contributed by atoms with Crippen LogP contribution >= 0.6 is 0 Å². The van der Waals surface area contributed by atoms with Gasteiger partial charge in [-0.15, -0.1) is 0 Å². The minimum atomic E-state index is -0.429. The molecule has 1 aromatic heterocycles. The lowest BCUT2D eigenvalue weighted by molar-refractivity contribution is 0.171. The molecule has 1 fully saturated rings. The van der Waals surface area contributed by atoms with Crippen molar-refractivity contribution in [1.29, 1.82) is 0 Å². The van der Waals surface area contributed by atoms with E-state index in [0.29, 0.717) is 13.2 Å². The summed E-state index contributed by atoms with van der Waals surface area (Å²) < 4.78 is 24.1. The number of pyridine rings is 1. The number of nitrogens with zero attached hydrogens (tertiary/aromatic N) is 3. The van der Waals surface area contributed by atoms with Crippen molar-refractivity contribution in [3.63, 3.8) is 0 Å². The van der Waals surface area contributed by atoms with Crippen molar-refractivity contribution in [3.8, 4) is 11.5 Å². The number of piperazine rings is 1. The predicted octanol–water partition coefficient (Wildman–Crippen LogP) is 2.31. The predicted molar refractivity (Wildman–Crippen MR) is 89.1 cm³/mol. The fourth-order valence-electron chi connectivity index (χ4n) is 3.15. The number of hydrogen-bond acceptors (Lipinski definition) is 5. The molecule has 0 spiro atoms. The first-order valence-electron chi connectivity index (χ1n) is 8.25. The van der Waals surface area contributed by atoms with E-state index >= 15 is 0 Å². The Morgan fingerprint density at radius 1 is 0.958 bits per heavy atom. The number of fused-ring (bicyclic) bond motifs is 1. The molecule has 2 aliphatic rings. The summed E-state index contributed by atoms with van der Waals surface area (Å²) in [7, 11) is 0. The lowest BCUT2D eigenvalue weighted by atomic mass is 10.2. The summed E-state index contributed by atoms with van der Waals surface area (Å²) in [5.41, 5.74) is 2.21. The molecule has 0 amide bonds. The van der Waals surface area contributed by atoms with Gasteiger partial charge in [0.15, 0.2) is 11.5 Å². The maximum absolute atomic E-state index is 12.9. The number of aromatic nitrogens is 1. The summed E-state index contributed by atoms with van der Waals surface area (Å²) in [6.07, 6.45) is 1.61.